The maximum absolute atomic E-state index is 12.8. The van der Waals surface area contributed by atoms with Gasteiger partial charge in [-0.2, -0.15) is 13.2 Å². The van der Waals surface area contributed by atoms with E-state index in [0.29, 0.717) is 6.61 Å². The second-order valence-corrected chi connectivity index (χ2v) is 11.6. The number of rotatable bonds is 6. The fraction of sp³-hybridized carbons (Fsp3) is 0.615. The molecule has 0 amide bonds. The maximum atomic E-state index is 12.8. The predicted octanol–water partition coefficient (Wildman–Crippen LogP) is 4.02. The normalized spacial score (nSPS) is 12.8. The smallest absolute Gasteiger partial charge is 0.361 e. The summed E-state index contributed by atoms with van der Waals surface area (Å²) in [6.45, 7) is 8.26. The maximum Gasteiger partial charge on any atom is 0.418 e. The molecule has 1 aromatic heterocycles. The molecule has 0 radical (unpaired) electrons. The summed E-state index contributed by atoms with van der Waals surface area (Å²) in [6.07, 6.45) is -2.41. The summed E-state index contributed by atoms with van der Waals surface area (Å²) < 4.78 is 44.9. The molecule has 1 heterocycles. The van der Waals surface area contributed by atoms with Gasteiger partial charge in [0.15, 0.2) is 5.78 Å². The number of carbonyl (C=O) groups is 1. The number of Topliss-reactive ketones (excluding diaryl/α,β-unsaturated/α-hetero) is 1. The van der Waals surface area contributed by atoms with Crippen molar-refractivity contribution in [1.82, 2.24) is 4.57 Å². The van der Waals surface area contributed by atoms with E-state index in [0.717, 1.165) is 19.2 Å². The van der Waals surface area contributed by atoms with Crippen molar-refractivity contribution in [3.63, 3.8) is 0 Å². The molecule has 1 rings (SSSR count). The minimum Gasteiger partial charge on any atom is -0.361 e. The first-order valence-corrected chi connectivity index (χ1v) is 10.1. The second kappa shape index (κ2) is 6.13. The Morgan fingerprint density at radius 3 is 2.30 bits per heavy atom. The highest BCUT2D eigenvalue weighted by Crippen LogP contribution is 2.32. The number of ether oxygens (including phenoxy) is 1. The Bertz CT molecular complexity index is 475. The van der Waals surface area contributed by atoms with Crippen LogP contribution < -0.4 is 0 Å². The molecule has 1 aromatic rings. The molecule has 0 saturated heterocycles. The average molecular weight is 307 g/mol. The first-order valence-electron chi connectivity index (χ1n) is 6.36. The molecule has 0 N–H and O–H groups in total. The Labute approximate surface area is 117 Å². The molecular formula is C13H20F3NO2Si. The van der Waals surface area contributed by atoms with Crippen molar-refractivity contribution >= 4 is 13.9 Å². The van der Waals surface area contributed by atoms with Crippen molar-refractivity contribution in [2.45, 2.75) is 45.5 Å². The van der Waals surface area contributed by atoms with Crippen molar-refractivity contribution in [3.8, 4) is 0 Å². The number of alkyl halides is 3. The van der Waals surface area contributed by atoms with Gasteiger partial charge in [0.2, 0.25) is 0 Å². The summed E-state index contributed by atoms with van der Waals surface area (Å²) in [5, 5.41) is 0. The topological polar surface area (TPSA) is 31.2 Å². The molecule has 0 aromatic carbocycles. The van der Waals surface area contributed by atoms with E-state index >= 15 is 0 Å². The molecular weight excluding hydrogens is 287 g/mol. The third-order valence-corrected chi connectivity index (χ3v) is 4.51. The highest BCUT2D eigenvalue weighted by molar-refractivity contribution is 6.76. The number of hydrogen-bond acceptors (Lipinski definition) is 2. The van der Waals surface area contributed by atoms with Gasteiger partial charge < -0.3 is 9.30 Å². The number of nitrogens with zero attached hydrogens (tertiary/aromatic N) is 1. The molecule has 0 saturated carbocycles. The third-order valence-electron chi connectivity index (χ3n) is 2.80. The van der Waals surface area contributed by atoms with Gasteiger partial charge in [0, 0.05) is 32.6 Å². The lowest BCUT2D eigenvalue weighted by Gasteiger charge is -2.15. The fourth-order valence-corrected chi connectivity index (χ4v) is 2.39. The molecule has 114 valence electrons. The molecule has 0 aliphatic carbocycles. The van der Waals surface area contributed by atoms with E-state index in [-0.39, 0.29) is 12.3 Å². The van der Waals surface area contributed by atoms with Gasteiger partial charge in [0.1, 0.15) is 6.73 Å². The van der Waals surface area contributed by atoms with Crippen LogP contribution in [-0.2, 0) is 17.6 Å². The summed E-state index contributed by atoms with van der Waals surface area (Å²) in [6, 6.07) is 0.944. The quantitative estimate of drug-likeness (QED) is 0.451. The van der Waals surface area contributed by atoms with Gasteiger partial charge in [-0.25, -0.2) is 0 Å². The van der Waals surface area contributed by atoms with Crippen molar-refractivity contribution < 1.29 is 22.7 Å². The molecule has 0 fully saturated rings. The van der Waals surface area contributed by atoms with Crippen molar-refractivity contribution in [3.05, 3.63) is 23.5 Å². The van der Waals surface area contributed by atoms with Crippen LogP contribution in [0.5, 0.6) is 0 Å². The number of aromatic nitrogens is 1. The van der Waals surface area contributed by atoms with E-state index in [2.05, 4.69) is 19.6 Å². The number of halogens is 3. The number of ketones is 1. The van der Waals surface area contributed by atoms with Crippen molar-refractivity contribution in [2.24, 2.45) is 0 Å². The molecule has 0 aliphatic rings. The second-order valence-electron chi connectivity index (χ2n) is 6.00. The minimum absolute atomic E-state index is 0.0286. The van der Waals surface area contributed by atoms with Gasteiger partial charge in [-0.15, -0.1) is 0 Å². The van der Waals surface area contributed by atoms with Crippen LogP contribution in [0.25, 0.3) is 0 Å². The van der Waals surface area contributed by atoms with E-state index in [1.807, 2.05) is 0 Å². The minimum atomic E-state index is -4.52. The van der Waals surface area contributed by atoms with Crippen LogP contribution in [0, 0.1) is 0 Å². The zero-order valence-corrected chi connectivity index (χ0v) is 13.2. The van der Waals surface area contributed by atoms with E-state index in [9.17, 15) is 18.0 Å². The van der Waals surface area contributed by atoms with E-state index in [1.165, 1.54) is 10.8 Å². The monoisotopic (exact) mass is 307 g/mol. The lowest BCUT2D eigenvalue weighted by Crippen LogP contribution is -2.21. The first kappa shape index (κ1) is 17.0. The molecule has 0 spiro atoms. The average Bonchev–Trinajstić information content (AvgIpc) is 2.67. The van der Waals surface area contributed by atoms with Crippen molar-refractivity contribution in [2.75, 3.05) is 6.61 Å². The molecule has 0 aliphatic heterocycles. The standard InChI is InChI=1S/C13H20F3NO2Si/c1-10(18)11-7-17(8-12(11)13(14,15)16)9-19-5-6-20(2,3)4/h7-8H,5-6,9H2,1-4H3. The molecule has 7 heteroatoms. The van der Waals surface area contributed by atoms with E-state index in [1.54, 1.807) is 0 Å². The zero-order valence-electron chi connectivity index (χ0n) is 12.2. The number of carbonyl (C=O) groups excluding carboxylic acids is 1. The van der Waals surface area contributed by atoms with Gasteiger partial charge in [0.25, 0.3) is 0 Å². The molecule has 0 bridgehead atoms. The van der Waals surface area contributed by atoms with Crippen LogP contribution in [-0.4, -0.2) is 25.0 Å². The SMILES string of the molecule is CC(=O)c1cn(COCC[Si](C)(C)C)cc1C(F)(F)F. The van der Waals surface area contributed by atoms with Crippen LogP contribution in [0.15, 0.2) is 12.4 Å². The molecule has 20 heavy (non-hydrogen) atoms. The van der Waals surface area contributed by atoms with E-state index < -0.39 is 25.6 Å². The largest absolute Gasteiger partial charge is 0.418 e. The first-order chi connectivity index (χ1) is 9.00. The van der Waals surface area contributed by atoms with Crippen molar-refractivity contribution in [1.29, 1.82) is 0 Å². The highest BCUT2D eigenvalue weighted by Gasteiger charge is 2.36. The van der Waals surface area contributed by atoms with Gasteiger partial charge in [-0.05, 0) is 13.0 Å². The van der Waals surface area contributed by atoms with Gasteiger partial charge in [-0.3, -0.25) is 4.79 Å². The van der Waals surface area contributed by atoms with Crippen LogP contribution >= 0.6 is 0 Å². The molecule has 0 unspecified atom stereocenters. The Morgan fingerprint density at radius 2 is 1.90 bits per heavy atom. The Morgan fingerprint density at radius 1 is 1.30 bits per heavy atom. The summed E-state index contributed by atoms with van der Waals surface area (Å²) in [5.41, 5.74) is -1.22. The fourth-order valence-electron chi connectivity index (χ4n) is 1.64. The lowest BCUT2D eigenvalue weighted by atomic mass is 10.1. The summed E-state index contributed by atoms with van der Waals surface area (Å²) >= 11 is 0. The van der Waals surface area contributed by atoms with E-state index in [4.69, 9.17) is 4.74 Å². The Kier molecular flexibility index (Phi) is 5.20. The Hall–Kier alpha value is -1.08. The highest BCUT2D eigenvalue weighted by atomic mass is 28.3. The van der Waals surface area contributed by atoms with Gasteiger partial charge in [0.05, 0.1) is 5.56 Å². The van der Waals surface area contributed by atoms with Crippen LogP contribution in [0.4, 0.5) is 13.2 Å². The lowest BCUT2D eigenvalue weighted by molar-refractivity contribution is -0.138. The van der Waals surface area contributed by atoms with Gasteiger partial charge in [-0.1, -0.05) is 19.6 Å². The van der Waals surface area contributed by atoms with Crippen LogP contribution in [0.3, 0.4) is 0 Å². The predicted molar refractivity (Wildman–Crippen MR) is 73.5 cm³/mol. The molecule has 0 atom stereocenters. The van der Waals surface area contributed by atoms with Crippen LogP contribution in [0.1, 0.15) is 22.8 Å². The third kappa shape index (κ3) is 5.13. The Balaban J connectivity index is 2.71. The van der Waals surface area contributed by atoms with Gasteiger partial charge >= 0.3 is 6.18 Å². The summed E-state index contributed by atoms with van der Waals surface area (Å²) in [7, 11) is -1.22. The number of hydrogen-bond donors (Lipinski definition) is 0. The molecule has 3 nitrogen and oxygen atoms in total. The summed E-state index contributed by atoms with van der Waals surface area (Å²) in [5.74, 6) is -0.599. The summed E-state index contributed by atoms with van der Waals surface area (Å²) in [4.78, 5) is 11.2. The van der Waals surface area contributed by atoms with Crippen LogP contribution in [0.2, 0.25) is 25.7 Å². The zero-order chi connectivity index (χ0) is 15.6.